The highest BCUT2D eigenvalue weighted by Crippen LogP contribution is 2.41. The zero-order valence-corrected chi connectivity index (χ0v) is 10.2. The Kier molecular flexibility index (Phi) is 3.97. The summed E-state index contributed by atoms with van der Waals surface area (Å²) in [6, 6.07) is 8.78. The number of nitrogens with one attached hydrogen (secondary N) is 1. The van der Waals surface area contributed by atoms with Crippen molar-refractivity contribution in [3.63, 3.8) is 0 Å². The molecular weight excluding hydrogens is 198 g/mol. The van der Waals surface area contributed by atoms with Crippen molar-refractivity contribution in [2.75, 3.05) is 13.7 Å². The number of rotatable bonds is 6. The van der Waals surface area contributed by atoms with Gasteiger partial charge in [-0.15, -0.1) is 0 Å². The lowest BCUT2D eigenvalue weighted by Crippen LogP contribution is -2.25. The van der Waals surface area contributed by atoms with Crippen molar-refractivity contribution < 1.29 is 4.74 Å². The van der Waals surface area contributed by atoms with E-state index in [1.807, 2.05) is 0 Å². The number of hydrogen-bond acceptors (Lipinski definition) is 2. The van der Waals surface area contributed by atoms with Gasteiger partial charge in [0.1, 0.15) is 0 Å². The number of hydrogen-bond donors (Lipinski definition) is 1. The maximum Gasteiger partial charge on any atom is 0.0667 e. The van der Waals surface area contributed by atoms with Gasteiger partial charge in [-0.05, 0) is 36.8 Å². The van der Waals surface area contributed by atoms with E-state index in [0.717, 1.165) is 19.0 Å². The number of benzene rings is 1. The van der Waals surface area contributed by atoms with Gasteiger partial charge in [-0.25, -0.2) is 0 Å². The minimum Gasteiger partial charge on any atom is -0.380 e. The van der Waals surface area contributed by atoms with Crippen LogP contribution in [0.15, 0.2) is 24.3 Å². The molecule has 0 aliphatic heterocycles. The average Bonchev–Trinajstić information content (AvgIpc) is 3.13. The van der Waals surface area contributed by atoms with E-state index in [9.17, 15) is 0 Å². The van der Waals surface area contributed by atoms with Gasteiger partial charge in [-0.1, -0.05) is 24.3 Å². The molecule has 2 rings (SSSR count). The van der Waals surface area contributed by atoms with Gasteiger partial charge >= 0.3 is 0 Å². The van der Waals surface area contributed by atoms with Crippen LogP contribution in [0.4, 0.5) is 0 Å². The molecule has 1 N–H and O–H groups in total. The predicted octanol–water partition coefficient (Wildman–Crippen LogP) is 2.69. The second-order valence-electron chi connectivity index (χ2n) is 4.65. The standard InChI is InChI=1S/C14H21NO/c1-11(16-2)9-15-10-13-5-3-4-6-14(13)12-7-8-12/h3-6,11-12,15H,7-10H2,1-2H3. The summed E-state index contributed by atoms with van der Waals surface area (Å²) in [6.07, 6.45) is 3.02. The Bertz CT molecular complexity index is 333. The largest absolute Gasteiger partial charge is 0.380 e. The SMILES string of the molecule is COC(C)CNCc1ccccc1C1CC1. The molecule has 1 fully saturated rings. The van der Waals surface area contributed by atoms with Crippen LogP contribution in [0.5, 0.6) is 0 Å². The highest BCUT2D eigenvalue weighted by atomic mass is 16.5. The van der Waals surface area contributed by atoms with E-state index >= 15 is 0 Å². The molecule has 0 aromatic heterocycles. The molecule has 0 radical (unpaired) electrons. The normalized spacial score (nSPS) is 17.4. The van der Waals surface area contributed by atoms with Crippen LogP contribution in [-0.2, 0) is 11.3 Å². The van der Waals surface area contributed by atoms with Crippen LogP contribution < -0.4 is 5.32 Å². The van der Waals surface area contributed by atoms with E-state index in [4.69, 9.17) is 4.74 Å². The summed E-state index contributed by atoms with van der Waals surface area (Å²) in [5.74, 6) is 0.831. The average molecular weight is 219 g/mol. The fourth-order valence-corrected chi connectivity index (χ4v) is 1.98. The van der Waals surface area contributed by atoms with E-state index in [-0.39, 0.29) is 6.10 Å². The van der Waals surface area contributed by atoms with Gasteiger partial charge in [0.2, 0.25) is 0 Å². The third-order valence-electron chi connectivity index (χ3n) is 3.22. The molecule has 1 aromatic rings. The lowest BCUT2D eigenvalue weighted by Gasteiger charge is -2.13. The van der Waals surface area contributed by atoms with Gasteiger partial charge in [-0.3, -0.25) is 0 Å². The maximum absolute atomic E-state index is 5.22. The van der Waals surface area contributed by atoms with E-state index in [1.165, 1.54) is 18.4 Å². The van der Waals surface area contributed by atoms with Gasteiger partial charge < -0.3 is 10.1 Å². The zero-order valence-electron chi connectivity index (χ0n) is 10.2. The van der Waals surface area contributed by atoms with Crippen molar-refractivity contribution in [2.24, 2.45) is 0 Å². The molecule has 0 bridgehead atoms. The van der Waals surface area contributed by atoms with E-state index in [2.05, 4.69) is 36.5 Å². The molecule has 88 valence electrons. The van der Waals surface area contributed by atoms with Crippen molar-refractivity contribution in [1.82, 2.24) is 5.32 Å². The van der Waals surface area contributed by atoms with E-state index in [0.29, 0.717) is 0 Å². The molecule has 2 nitrogen and oxygen atoms in total. The molecule has 0 amide bonds. The van der Waals surface area contributed by atoms with Crippen LogP contribution in [0.1, 0.15) is 36.8 Å². The smallest absolute Gasteiger partial charge is 0.0667 e. The number of methoxy groups -OCH3 is 1. The van der Waals surface area contributed by atoms with Crippen LogP contribution in [-0.4, -0.2) is 19.8 Å². The Hall–Kier alpha value is -0.860. The first kappa shape index (κ1) is 11.6. The van der Waals surface area contributed by atoms with Crippen LogP contribution in [0.3, 0.4) is 0 Å². The van der Waals surface area contributed by atoms with E-state index in [1.54, 1.807) is 12.7 Å². The van der Waals surface area contributed by atoms with E-state index < -0.39 is 0 Å². The quantitative estimate of drug-likeness (QED) is 0.794. The summed E-state index contributed by atoms with van der Waals surface area (Å²) in [5, 5.41) is 3.45. The predicted molar refractivity (Wildman–Crippen MR) is 66.6 cm³/mol. The Balaban J connectivity index is 1.88. The molecule has 1 unspecified atom stereocenters. The summed E-state index contributed by atoms with van der Waals surface area (Å²) in [7, 11) is 1.75. The van der Waals surface area contributed by atoms with Crippen LogP contribution in [0.25, 0.3) is 0 Å². The Morgan fingerprint density at radius 3 is 2.81 bits per heavy atom. The molecule has 16 heavy (non-hydrogen) atoms. The van der Waals surface area contributed by atoms with Crippen molar-refractivity contribution in [2.45, 2.75) is 38.3 Å². The molecule has 1 atom stereocenters. The maximum atomic E-state index is 5.22. The fraction of sp³-hybridized carbons (Fsp3) is 0.571. The van der Waals surface area contributed by atoms with Crippen molar-refractivity contribution in [3.8, 4) is 0 Å². The van der Waals surface area contributed by atoms with Gasteiger partial charge in [0.15, 0.2) is 0 Å². The monoisotopic (exact) mass is 219 g/mol. The minimum absolute atomic E-state index is 0.285. The first-order chi connectivity index (χ1) is 7.81. The Labute approximate surface area is 98.0 Å². The fourth-order valence-electron chi connectivity index (χ4n) is 1.98. The van der Waals surface area contributed by atoms with Gasteiger partial charge in [0.05, 0.1) is 6.10 Å². The second-order valence-corrected chi connectivity index (χ2v) is 4.65. The molecule has 0 saturated heterocycles. The molecule has 0 spiro atoms. The number of ether oxygens (including phenoxy) is 1. The topological polar surface area (TPSA) is 21.3 Å². The van der Waals surface area contributed by atoms with Crippen molar-refractivity contribution >= 4 is 0 Å². The van der Waals surface area contributed by atoms with Gasteiger partial charge in [-0.2, -0.15) is 0 Å². The summed E-state index contributed by atoms with van der Waals surface area (Å²) in [6.45, 7) is 3.95. The third kappa shape index (κ3) is 3.06. The molecule has 0 heterocycles. The first-order valence-electron chi connectivity index (χ1n) is 6.12. The molecule has 1 aliphatic rings. The van der Waals surface area contributed by atoms with Gasteiger partial charge in [0, 0.05) is 20.2 Å². The van der Waals surface area contributed by atoms with Crippen molar-refractivity contribution in [1.29, 1.82) is 0 Å². The Morgan fingerprint density at radius 1 is 1.38 bits per heavy atom. The summed E-state index contributed by atoms with van der Waals surface area (Å²) >= 11 is 0. The highest BCUT2D eigenvalue weighted by molar-refractivity contribution is 5.33. The molecule has 1 saturated carbocycles. The molecule has 1 aliphatic carbocycles. The molecule has 1 aromatic carbocycles. The molecule has 2 heteroatoms. The Morgan fingerprint density at radius 2 is 2.12 bits per heavy atom. The summed E-state index contributed by atoms with van der Waals surface area (Å²) in [4.78, 5) is 0. The van der Waals surface area contributed by atoms with Gasteiger partial charge in [0.25, 0.3) is 0 Å². The minimum atomic E-state index is 0.285. The lowest BCUT2D eigenvalue weighted by molar-refractivity contribution is 0.117. The summed E-state index contributed by atoms with van der Waals surface area (Å²) < 4.78 is 5.22. The first-order valence-corrected chi connectivity index (χ1v) is 6.12. The lowest BCUT2D eigenvalue weighted by atomic mass is 10.0. The third-order valence-corrected chi connectivity index (χ3v) is 3.22. The summed E-state index contributed by atoms with van der Waals surface area (Å²) in [5.41, 5.74) is 2.99. The van der Waals surface area contributed by atoms with Crippen LogP contribution in [0.2, 0.25) is 0 Å². The second kappa shape index (κ2) is 5.46. The highest BCUT2D eigenvalue weighted by Gasteiger charge is 2.25. The zero-order chi connectivity index (χ0) is 11.4. The van der Waals surface area contributed by atoms with Crippen LogP contribution >= 0.6 is 0 Å². The van der Waals surface area contributed by atoms with Crippen molar-refractivity contribution in [3.05, 3.63) is 35.4 Å². The molecular formula is C14H21NO. The van der Waals surface area contributed by atoms with Crippen LogP contribution in [0, 0.1) is 0 Å².